The Morgan fingerprint density at radius 1 is 1.40 bits per heavy atom. The third-order valence-electron chi connectivity index (χ3n) is 3.45. The number of halogens is 1. The molecule has 0 bridgehead atoms. The molecule has 0 saturated carbocycles. The van der Waals surface area contributed by atoms with Crippen LogP contribution >= 0.6 is 15.9 Å². The van der Waals surface area contributed by atoms with Crippen LogP contribution < -0.4 is 15.4 Å². The second-order valence-electron chi connectivity index (χ2n) is 5.61. The first-order valence-corrected chi connectivity index (χ1v) is 8.93. The molecule has 1 rings (SSSR count). The second-order valence-corrected chi connectivity index (χ2v) is 6.52. The van der Waals surface area contributed by atoms with Crippen LogP contribution in [-0.4, -0.2) is 57.6 Å². The van der Waals surface area contributed by atoms with Gasteiger partial charge in [-0.2, -0.15) is 0 Å². The molecule has 0 aliphatic rings. The van der Waals surface area contributed by atoms with E-state index >= 15 is 0 Å². The van der Waals surface area contributed by atoms with E-state index in [4.69, 9.17) is 4.74 Å². The number of ether oxygens (including phenoxy) is 1. The fourth-order valence-electron chi connectivity index (χ4n) is 2.04. The van der Waals surface area contributed by atoms with Crippen molar-refractivity contribution in [3.05, 3.63) is 40.9 Å². The minimum atomic E-state index is -0.0423. The lowest BCUT2D eigenvalue weighted by molar-refractivity contribution is -0.127. The number of amides is 1. The Morgan fingerprint density at radius 2 is 2.16 bits per heavy atom. The van der Waals surface area contributed by atoms with Crippen molar-refractivity contribution in [2.24, 2.45) is 4.99 Å². The fourth-order valence-corrected chi connectivity index (χ4v) is 2.38. The molecular formula is C18H27BrN4O2. The lowest BCUT2D eigenvalue weighted by Gasteiger charge is -2.13. The van der Waals surface area contributed by atoms with Crippen LogP contribution in [0.25, 0.3) is 0 Å². The third-order valence-corrected chi connectivity index (χ3v) is 3.94. The SMILES string of the molecule is C=CCNC(=NCC(=O)N(C)C)NCCCc1ccc(Br)cc1OC. The van der Waals surface area contributed by atoms with E-state index < -0.39 is 0 Å². The van der Waals surface area contributed by atoms with Crippen LogP contribution in [0.2, 0.25) is 0 Å². The first kappa shape index (κ1) is 21.0. The van der Waals surface area contributed by atoms with E-state index in [9.17, 15) is 4.79 Å². The number of hydrogen-bond acceptors (Lipinski definition) is 3. The molecular weight excluding hydrogens is 384 g/mol. The van der Waals surface area contributed by atoms with E-state index in [-0.39, 0.29) is 12.5 Å². The van der Waals surface area contributed by atoms with Crippen LogP contribution in [0.5, 0.6) is 5.75 Å². The van der Waals surface area contributed by atoms with Gasteiger partial charge in [-0.05, 0) is 30.5 Å². The molecule has 1 aromatic carbocycles. The van der Waals surface area contributed by atoms with Crippen LogP contribution in [0, 0.1) is 0 Å². The Labute approximate surface area is 158 Å². The number of carbonyl (C=O) groups excluding carboxylic acids is 1. The minimum absolute atomic E-state index is 0.0423. The fraction of sp³-hybridized carbons (Fsp3) is 0.444. The molecule has 0 atom stereocenters. The van der Waals surface area contributed by atoms with Gasteiger partial charge in [0.2, 0.25) is 5.91 Å². The molecule has 0 heterocycles. The summed E-state index contributed by atoms with van der Waals surface area (Å²) < 4.78 is 6.40. The van der Waals surface area contributed by atoms with Gasteiger partial charge < -0.3 is 20.3 Å². The number of aliphatic imine (C=N–C) groups is 1. The van der Waals surface area contributed by atoms with Gasteiger partial charge in [0.15, 0.2) is 5.96 Å². The summed E-state index contributed by atoms with van der Waals surface area (Å²) in [6.07, 6.45) is 3.54. The zero-order valence-electron chi connectivity index (χ0n) is 15.1. The van der Waals surface area contributed by atoms with Crippen molar-refractivity contribution in [1.29, 1.82) is 0 Å². The van der Waals surface area contributed by atoms with Crippen molar-refractivity contribution in [2.45, 2.75) is 12.8 Å². The van der Waals surface area contributed by atoms with Crippen LogP contribution in [0.15, 0.2) is 40.3 Å². The predicted octanol–water partition coefficient (Wildman–Crippen LogP) is 2.20. The maximum Gasteiger partial charge on any atom is 0.243 e. The van der Waals surface area contributed by atoms with Gasteiger partial charge >= 0.3 is 0 Å². The summed E-state index contributed by atoms with van der Waals surface area (Å²) >= 11 is 3.45. The van der Waals surface area contributed by atoms with Gasteiger partial charge in [-0.25, -0.2) is 4.99 Å². The number of hydrogen-bond donors (Lipinski definition) is 2. The summed E-state index contributed by atoms with van der Waals surface area (Å²) in [6, 6.07) is 6.04. The Hall–Kier alpha value is -2.02. The van der Waals surface area contributed by atoms with E-state index in [0.29, 0.717) is 12.5 Å². The van der Waals surface area contributed by atoms with Crippen molar-refractivity contribution < 1.29 is 9.53 Å². The van der Waals surface area contributed by atoms with Crippen molar-refractivity contribution in [2.75, 3.05) is 40.8 Å². The van der Waals surface area contributed by atoms with Gasteiger partial charge in [0, 0.05) is 31.7 Å². The highest BCUT2D eigenvalue weighted by Crippen LogP contribution is 2.24. The Balaban J connectivity index is 2.52. The van der Waals surface area contributed by atoms with Gasteiger partial charge in [-0.3, -0.25) is 4.79 Å². The van der Waals surface area contributed by atoms with Gasteiger partial charge in [0.25, 0.3) is 0 Å². The standard InChI is InChI=1S/C18H27BrN4O2/c1-5-10-20-18(22-13-17(24)23(2)3)21-11-6-7-14-8-9-15(19)12-16(14)25-4/h5,8-9,12H,1,6-7,10-11,13H2,2-4H3,(H2,20,21,22). The maximum absolute atomic E-state index is 11.7. The molecule has 7 heteroatoms. The zero-order chi connectivity index (χ0) is 18.7. The molecule has 0 fully saturated rings. The summed E-state index contributed by atoms with van der Waals surface area (Å²) in [5.74, 6) is 1.45. The smallest absolute Gasteiger partial charge is 0.243 e. The molecule has 138 valence electrons. The normalized spacial score (nSPS) is 11.0. The van der Waals surface area contributed by atoms with Crippen LogP contribution in [-0.2, 0) is 11.2 Å². The molecule has 25 heavy (non-hydrogen) atoms. The number of carbonyl (C=O) groups is 1. The maximum atomic E-state index is 11.7. The summed E-state index contributed by atoms with van der Waals surface area (Å²) in [7, 11) is 5.11. The molecule has 1 aromatic rings. The van der Waals surface area contributed by atoms with Crippen molar-refractivity contribution in [3.8, 4) is 5.75 Å². The highest BCUT2D eigenvalue weighted by atomic mass is 79.9. The lowest BCUT2D eigenvalue weighted by Crippen LogP contribution is -2.39. The van der Waals surface area contributed by atoms with Gasteiger partial charge in [-0.1, -0.05) is 28.1 Å². The molecule has 6 nitrogen and oxygen atoms in total. The lowest BCUT2D eigenvalue weighted by atomic mass is 10.1. The zero-order valence-corrected chi connectivity index (χ0v) is 16.7. The molecule has 0 aromatic heterocycles. The summed E-state index contributed by atoms with van der Waals surface area (Å²) in [5.41, 5.74) is 1.16. The number of rotatable bonds is 9. The average Bonchev–Trinajstić information content (AvgIpc) is 2.60. The van der Waals surface area contributed by atoms with Crippen LogP contribution in [0.3, 0.4) is 0 Å². The first-order valence-electron chi connectivity index (χ1n) is 8.13. The van der Waals surface area contributed by atoms with E-state index in [0.717, 1.165) is 35.2 Å². The van der Waals surface area contributed by atoms with Crippen LogP contribution in [0.4, 0.5) is 0 Å². The van der Waals surface area contributed by atoms with E-state index in [1.807, 2.05) is 12.1 Å². The summed E-state index contributed by atoms with van der Waals surface area (Å²) in [4.78, 5) is 17.5. The van der Waals surface area contributed by atoms with Crippen molar-refractivity contribution in [1.82, 2.24) is 15.5 Å². The van der Waals surface area contributed by atoms with Crippen molar-refractivity contribution in [3.63, 3.8) is 0 Å². The van der Waals surface area contributed by atoms with Gasteiger partial charge in [-0.15, -0.1) is 6.58 Å². The number of guanidine groups is 1. The quantitative estimate of drug-likeness (QED) is 0.283. The summed E-state index contributed by atoms with van der Waals surface area (Å²) in [6.45, 7) is 5.11. The summed E-state index contributed by atoms with van der Waals surface area (Å²) in [5, 5.41) is 6.35. The molecule has 0 unspecified atom stereocenters. The van der Waals surface area contributed by atoms with E-state index in [1.54, 1.807) is 27.3 Å². The number of aryl methyl sites for hydroxylation is 1. The van der Waals surface area contributed by atoms with E-state index in [1.165, 1.54) is 4.90 Å². The number of nitrogens with zero attached hydrogens (tertiary/aromatic N) is 2. The monoisotopic (exact) mass is 410 g/mol. The Morgan fingerprint density at radius 3 is 2.80 bits per heavy atom. The van der Waals surface area contributed by atoms with Crippen molar-refractivity contribution >= 4 is 27.8 Å². The molecule has 0 saturated heterocycles. The number of benzene rings is 1. The van der Waals surface area contributed by atoms with Gasteiger partial charge in [0.1, 0.15) is 12.3 Å². The molecule has 0 spiro atoms. The van der Waals surface area contributed by atoms with E-state index in [2.05, 4.69) is 44.2 Å². The highest BCUT2D eigenvalue weighted by molar-refractivity contribution is 9.10. The Bertz CT molecular complexity index is 603. The molecule has 2 N–H and O–H groups in total. The second kappa shape index (κ2) is 11.5. The topological polar surface area (TPSA) is 66.0 Å². The molecule has 1 amide bonds. The number of nitrogens with one attached hydrogen (secondary N) is 2. The number of likely N-dealkylation sites (N-methyl/N-ethyl adjacent to an activating group) is 1. The predicted molar refractivity (Wildman–Crippen MR) is 106 cm³/mol. The molecule has 0 radical (unpaired) electrons. The largest absolute Gasteiger partial charge is 0.496 e. The van der Waals surface area contributed by atoms with Gasteiger partial charge in [0.05, 0.1) is 7.11 Å². The highest BCUT2D eigenvalue weighted by Gasteiger charge is 2.06. The molecule has 0 aliphatic carbocycles. The minimum Gasteiger partial charge on any atom is -0.496 e. The third kappa shape index (κ3) is 8.07. The molecule has 0 aliphatic heterocycles. The Kier molecular flexibility index (Phi) is 9.69. The number of methoxy groups -OCH3 is 1. The average molecular weight is 411 g/mol. The van der Waals surface area contributed by atoms with Crippen LogP contribution in [0.1, 0.15) is 12.0 Å². The first-order chi connectivity index (χ1) is 12.0.